The molecule has 1 aromatic carbocycles. The minimum atomic E-state index is -0.569. The van der Waals surface area contributed by atoms with Crippen LogP contribution >= 0.6 is 12.4 Å². The molecule has 0 saturated heterocycles. The predicted octanol–water partition coefficient (Wildman–Crippen LogP) is 3.34. The Labute approximate surface area is 142 Å². The number of carbonyl (C=O) groups is 1. The molecule has 0 aromatic heterocycles. The van der Waals surface area contributed by atoms with Gasteiger partial charge in [-0.1, -0.05) is 25.3 Å². The van der Waals surface area contributed by atoms with Gasteiger partial charge in [0, 0.05) is 18.5 Å². The van der Waals surface area contributed by atoms with E-state index in [4.69, 9.17) is 5.73 Å². The van der Waals surface area contributed by atoms with Gasteiger partial charge in [-0.2, -0.15) is 0 Å². The van der Waals surface area contributed by atoms with E-state index in [0.29, 0.717) is 13.0 Å². The molecule has 3 N–H and O–H groups in total. The van der Waals surface area contributed by atoms with Crippen molar-refractivity contribution in [3.8, 4) is 0 Å². The second kappa shape index (κ2) is 9.18. The van der Waals surface area contributed by atoms with Crippen LogP contribution < -0.4 is 11.1 Å². The van der Waals surface area contributed by atoms with Crippen LogP contribution in [0, 0.1) is 17.0 Å². The third kappa shape index (κ3) is 5.43. The van der Waals surface area contributed by atoms with Gasteiger partial charge < -0.3 is 11.1 Å². The summed E-state index contributed by atoms with van der Waals surface area (Å²) in [6.45, 7) is 0.750. The summed E-state index contributed by atoms with van der Waals surface area (Å²) >= 11 is 0. The molecule has 0 radical (unpaired) electrons. The van der Waals surface area contributed by atoms with Gasteiger partial charge in [-0.25, -0.2) is 8.78 Å². The fourth-order valence-corrected chi connectivity index (χ4v) is 3.26. The average molecular weight is 347 g/mol. The Hall–Kier alpha value is -1.20. The lowest BCUT2D eigenvalue weighted by Gasteiger charge is -2.35. The van der Waals surface area contributed by atoms with Crippen molar-refractivity contribution in [1.29, 1.82) is 0 Å². The molecule has 6 heteroatoms. The molecule has 0 unspecified atom stereocenters. The van der Waals surface area contributed by atoms with Crippen LogP contribution in [0.2, 0.25) is 0 Å². The van der Waals surface area contributed by atoms with Crippen LogP contribution in [0.5, 0.6) is 0 Å². The van der Waals surface area contributed by atoms with Crippen molar-refractivity contribution in [1.82, 2.24) is 5.32 Å². The van der Waals surface area contributed by atoms with Gasteiger partial charge in [0.2, 0.25) is 5.91 Å². The Bertz CT molecular complexity index is 499. The molecule has 0 heterocycles. The van der Waals surface area contributed by atoms with Crippen LogP contribution in [0.1, 0.15) is 44.1 Å². The van der Waals surface area contributed by atoms with Crippen molar-refractivity contribution in [2.45, 2.75) is 44.9 Å². The average Bonchev–Trinajstić information content (AvgIpc) is 2.51. The van der Waals surface area contributed by atoms with Crippen molar-refractivity contribution >= 4 is 18.3 Å². The number of rotatable bonds is 6. The van der Waals surface area contributed by atoms with Crippen molar-refractivity contribution in [3.05, 3.63) is 35.4 Å². The highest BCUT2D eigenvalue weighted by atomic mass is 35.5. The van der Waals surface area contributed by atoms with Gasteiger partial charge in [-0.15, -0.1) is 12.4 Å². The largest absolute Gasteiger partial charge is 0.356 e. The third-order valence-corrected chi connectivity index (χ3v) is 4.64. The molecule has 1 aliphatic rings. The second-order valence-electron chi connectivity index (χ2n) is 6.24. The lowest BCUT2D eigenvalue weighted by molar-refractivity contribution is -0.123. The number of amides is 1. The third-order valence-electron chi connectivity index (χ3n) is 4.64. The van der Waals surface area contributed by atoms with Crippen LogP contribution in [0.25, 0.3) is 0 Å². The molecule has 1 amide bonds. The van der Waals surface area contributed by atoms with E-state index < -0.39 is 11.6 Å². The van der Waals surface area contributed by atoms with Crippen LogP contribution in [0.3, 0.4) is 0 Å². The fourth-order valence-electron chi connectivity index (χ4n) is 3.26. The normalized spacial score (nSPS) is 16.5. The number of benzene rings is 1. The maximum atomic E-state index is 13.5. The van der Waals surface area contributed by atoms with E-state index in [2.05, 4.69) is 5.32 Å². The van der Waals surface area contributed by atoms with E-state index >= 15 is 0 Å². The van der Waals surface area contributed by atoms with Crippen molar-refractivity contribution in [2.24, 2.45) is 11.1 Å². The van der Waals surface area contributed by atoms with E-state index in [0.717, 1.165) is 25.7 Å². The summed E-state index contributed by atoms with van der Waals surface area (Å²) < 4.78 is 27.0. The Morgan fingerprint density at radius 2 is 1.78 bits per heavy atom. The fraction of sp³-hybridized carbons (Fsp3) is 0.588. The van der Waals surface area contributed by atoms with Gasteiger partial charge in [0.15, 0.2) is 0 Å². The summed E-state index contributed by atoms with van der Waals surface area (Å²) in [5.74, 6) is -1.22. The molecule has 3 nitrogen and oxygen atoms in total. The van der Waals surface area contributed by atoms with Crippen LogP contribution in [0.15, 0.2) is 18.2 Å². The van der Waals surface area contributed by atoms with Crippen LogP contribution in [-0.2, 0) is 11.2 Å². The molecule has 0 bridgehead atoms. The molecule has 0 aliphatic heterocycles. The SMILES string of the molecule is Cl.NCC1(CC(=O)NCCc2c(F)cccc2F)CCCCC1. The molecule has 1 aromatic rings. The number of halogens is 3. The summed E-state index contributed by atoms with van der Waals surface area (Å²) in [6, 6.07) is 3.79. The zero-order valence-electron chi connectivity index (χ0n) is 13.2. The van der Waals surface area contributed by atoms with Crippen molar-refractivity contribution < 1.29 is 13.6 Å². The number of nitrogens with two attached hydrogens (primary N) is 1. The van der Waals surface area contributed by atoms with Gasteiger partial charge in [0.25, 0.3) is 0 Å². The van der Waals surface area contributed by atoms with E-state index in [-0.39, 0.29) is 42.3 Å². The molecular weight excluding hydrogens is 322 g/mol. The first-order valence-corrected chi connectivity index (χ1v) is 7.96. The lowest BCUT2D eigenvalue weighted by Crippen LogP contribution is -2.39. The number of hydrogen-bond acceptors (Lipinski definition) is 2. The number of carbonyl (C=O) groups excluding carboxylic acids is 1. The smallest absolute Gasteiger partial charge is 0.220 e. The Morgan fingerprint density at radius 1 is 1.17 bits per heavy atom. The molecule has 1 aliphatic carbocycles. The standard InChI is InChI=1S/C17H24F2N2O.ClH/c18-14-5-4-6-15(19)13(14)7-10-21-16(22)11-17(12-20)8-2-1-3-9-17;/h4-6H,1-3,7-12,20H2,(H,21,22);1H. The first-order valence-electron chi connectivity index (χ1n) is 7.96. The molecule has 2 rings (SSSR count). The van der Waals surface area contributed by atoms with Gasteiger partial charge in [0.1, 0.15) is 11.6 Å². The number of nitrogens with one attached hydrogen (secondary N) is 1. The monoisotopic (exact) mass is 346 g/mol. The zero-order valence-corrected chi connectivity index (χ0v) is 14.1. The zero-order chi connectivity index (χ0) is 16.0. The van der Waals surface area contributed by atoms with Gasteiger partial charge >= 0.3 is 0 Å². The predicted molar refractivity (Wildman–Crippen MR) is 89.5 cm³/mol. The Morgan fingerprint density at radius 3 is 2.35 bits per heavy atom. The lowest BCUT2D eigenvalue weighted by atomic mass is 9.71. The van der Waals surface area contributed by atoms with E-state index in [1.54, 1.807) is 0 Å². The first kappa shape index (κ1) is 19.8. The van der Waals surface area contributed by atoms with Crippen molar-refractivity contribution in [3.63, 3.8) is 0 Å². The molecule has 1 fully saturated rings. The summed E-state index contributed by atoms with van der Waals surface area (Å²) in [7, 11) is 0. The highest BCUT2D eigenvalue weighted by molar-refractivity contribution is 5.85. The summed E-state index contributed by atoms with van der Waals surface area (Å²) in [5.41, 5.74) is 5.80. The quantitative estimate of drug-likeness (QED) is 0.830. The highest BCUT2D eigenvalue weighted by Crippen LogP contribution is 2.38. The molecule has 23 heavy (non-hydrogen) atoms. The second-order valence-corrected chi connectivity index (χ2v) is 6.24. The molecule has 0 atom stereocenters. The highest BCUT2D eigenvalue weighted by Gasteiger charge is 2.32. The molecule has 0 spiro atoms. The van der Waals surface area contributed by atoms with Gasteiger partial charge in [-0.05, 0) is 43.4 Å². The maximum Gasteiger partial charge on any atom is 0.220 e. The van der Waals surface area contributed by atoms with E-state index in [9.17, 15) is 13.6 Å². The summed E-state index contributed by atoms with van der Waals surface area (Å²) in [4.78, 5) is 12.1. The Balaban J connectivity index is 0.00000264. The van der Waals surface area contributed by atoms with E-state index in [1.807, 2.05) is 0 Å². The maximum absolute atomic E-state index is 13.5. The molecule has 130 valence electrons. The summed E-state index contributed by atoms with van der Waals surface area (Å²) in [5, 5.41) is 2.76. The first-order chi connectivity index (χ1) is 10.6. The van der Waals surface area contributed by atoms with E-state index in [1.165, 1.54) is 24.6 Å². The van der Waals surface area contributed by atoms with Crippen molar-refractivity contribution in [2.75, 3.05) is 13.1 Å². The number of hydrogen-bond donors (Lipinski definition) is 2. The minimum absolute atomic E-state index is 0. The topological polar surface area (TPSA) is 55.1 Å². The van der Waals surface area contributed by atoms with Gasteiger partial charge in [0.05, 0.1) is 0 Å². The summed E-state index contributed by atoms with van der Waals surface area (Å²) in [6.07, 6.45) is 5.96. The van der Waals surface area contributed by atoms with Crippen LogP contribution in [0.4, 0.5) is 8.78 Å². The molecule has 1 saturated carbocycles. The molecular formula is C17H25ClF2N2O. The Kier molecular flexibility index (Phi) is 7.92. The van der Waals surface area contributed by atoms with Gasteiger partial charge in [-0.3, -0.25) is 4.79 Å². The minimum Gasteiger partial charge on any atom is -0.356 e. The van der Waals surface area contributed by atoms with Crippen LogP contribution in [-0.4, -0.2) is 19.0 Å².